The van der Waals surface area contributed by atoms with Crippen LogP contribution in [0.2, 0.25) is 0 Å². The Morgan fingerprint density at radius 3 is 2.80 bits per heavy atom. The largest absolute Gasteiger partial charge is 0.359 e. The van der Waals surface area contributed by atoms with Gasteiger partial charge < -0.3 is 14.7 Å². The van der Waals surface area contributed by atoms with Gasteiger partial charge in [0.15, 0.2) is 11.5 Å². The van der Waals surface area contributed by atoms with Crippen LogP contribution in [-0.4, -0.2) is 50.3 Å². The van der Waals surface area contributed by atoms with Gasteiger partial charge in [-0.2, -0.15) is 5.10 Å². The van der Waals surface area contributed by atoms with Crippen LogP contribution in [0.1, 0.15) is 47.5 Å². The van der Waals surface area contributed by atoms with E-state index in [1.54, 1.807) is 21.8 Å². The lowest BCUT2D eigenvalue weighted by Crippen LogP contribution is -2.52. The van der Waals surface area contributed by atoms with Crippen molar-refractivity contribution in [3.63, 3.8) is 0 Å². The van der Waals surface area contributed by atoms with Crippen molar-refractivity contribution in [2.24, 2.45) is 0 Å². The third-order valence-electron chi connectivity index (χ3n) is 5.10. The summed E-state index contributed by atoms with van der Waals surface area (Å²) in [4.78, 5) is 25.9. The van der Waals surface area contributed by atoms with Gasteiger partial charge in [0.05, 0.1) is 6.20 Å². The van der Waals surface area contributed by atoms with Crippen LogP contribution < -0.4 is 5.32 Å². The maximum Gasteiger partial charge on any atom is 0.276 e. The molecule has 0 unspecified atom stereocenters. The summed E-state index contributed by atoms with van der Waals surface area (Å²) in [5.41, 5.74) is 1.28. The van der Waals surface area contributed by atoms with E-state index >= 15 is 0 Å². The van der Waals surface area contributed by atoms with E-state index in [0.717, 1.165) is 24.8 Å². The third-order valence-corrected chi connectivity index (χ3v) is 5.10. The van der Waals surface area contributed by atoms with Crippen molar-refractivity contribution >= 4 is 11.8 Å². The molecule has 0 aromatic carbocycles. The van der Waals surface area contributed by atoms with Crippen LogP contribution in [0.5, 0.6) is 0 Å². The van der Waals surface area contributed by atoms with E-state index in [4.69, 9.17) is 4.52 Å². The molecule has 0 saturated carbocycles. The number of carbonyl (C=O) groups is 2. The van der Waals surface area contributed by atoms with Crippen molar-refractivity contribution in [1.29, 1.82) is 0 Å². The van der Waals surface area contributed by atoms with Crippen LogP contribution in [0.25, 0.3) is 0 Å². The Labute approximate surface area is 145 Å². The number of nitrogens with one attached hydrogen (secondary N) is 1. The Balaban J connectivity index is 1.38. The zero-order chi connectivity index (χ0) is 17.4. The first-order valence-corrected chi connectivity index (χ1v) is 8.58. The fourth-order valence-electron chi connectivity index (χ4n) is 3.65. The number of rotatable bonds is 3. The van der Waals surface area contributed by atoms with E-state index in [0.29, 0.717) is 37.5 Å². The molecule has 1 spiro atoms. The summed E-state index contributed by atoms with van der Waals surface area (Å²) in [5.74, 6) is 0.601. The molecule has 2 aliphatic heterocycles. The standard InChI is InChI=1S/C17H21N5O3/c1-12-9-18-22(10-12)11-13-8-14(20-25-13)16(24)21-6-4-17(5-7-21)3-2-15(23)19-17/h8-10H,2-7,11H2,1H3,(H,19,23). The quantitative estimate of drug-likeness (QED) is 0.901. The minimum atomic E-state index is -0.120. The lowest BCUT2D eigenvalue weighted by molar-refractivity contribution is -0.120. The molecule has 4 rings (SSSR count). The number of piperidine rings is 1. The Bertz CT molecular complexity index is 801. The van der Waals surface area contributed by atoms with E-state index < -0.39 is 0 Å². The topological polar surface area (TPSA) is 93.3 Å². The maximum absolute atomic E-state index is 12.6. The normalized spacial score (nSPS) is 19.4. The Kier molecular flexibility index (Phi) is 3.82. The number of amides is 2. The highest BCUT2D eigenvalue weighted by Crippen LogP contribution is 2.31. The summed E-state index contributed by atoms with van der Waals surface area (Å²) in [7, 11) is 0. The minimum absolute atomic E-state index is 0.110. The van der Waals surface area contributed by atoms with Gasteiger partial charge in [-0.25, -0.2) is 0 Å². The van der Waals surface area contributed by atoms with Gasteiger partial charge in [-0.15, -0.1) is 0 Å². The number of hydrogen-bond acceptors (Lipinski definition) is 5. The van der Waals surface area contributed by atoms with Crippen LogP contribution in [-0.2, 0) is 11.3 Å². The highest BCUT2D eigenvalue weighted by Gasteiger charge is 2.41. The van der Waals surface area contributed by atoms with Crippen LogP contribution in [0.3, 0.4) is 0 Å². The second-order valence-corrected chi connectivity index (χ2v) is 7.01. The first kappa shape index (κ1) is 15.9. The van der Waals surface area contributed by atoms with Crippen LogP contribution in [0, 0.1) is 6.92 Å². The van der Waals surface area contributed by atoms with E-state index in [2.05, 4.69) is 15.6 Å². The molecule has 0 atom stereocenters. The van der Waals surface area contributed by atoms with Crippen LogP contribution >= 0.6 is 0 Å². The molecule has 25 heavy (non-hydrogen) atoms. The summed E-state index contributed by atoms with van der Waals surface area (Å²) in [6.45, 7) is 3.66. The smallest absolute Gasteiger partial charge is 0.276 e. The monoisotopic (exact) mass is 343 g/mol. The molecular weight excluding hydrogens is 322 g/mol. The second-order valence-electron chi connectivity index (χ2n) is 7.01. The molecule has 2 amide bonds. The zero-order valence-corrected chi connectivity index (χ0v) is 14.2. The molecule has 0 bridgehead atoms. The third kappa shape index (κ3) is 3.16. The highest BCUT2D eigenvalue weighted by molar-refractivity contribution is 5.92. The van der Waals surface area contributed by atoms with E-state index in [1.165, 1.54) is 0 Å². The maximum atomic E-state index is 12.6. The zero-order valence-electron chi connectivity index (χ0n) is 14.2. The molecule has 1 N–H and O–H groups in total. The molecule has 2 aliphatic rings. The number of aromatic nitrogens is 3. The van der Waals surface area contributed by atoms with Gasteiger partial charge in [-0.3, -0.25) is 14.3 Å². The summed E-state index contributed by atoms with van der Waals surface area (Å²) in [6, 6.07) is 1.68. The molecule has 2 saturated heterocycles. The second kappa shape index (κ2) is 6.02. The van der Waals surface area contributed by atoms with Crippen molar-refractivity contribution in [3.8, 4) is 0 Å². The molecular formula is C17H21N5O3. The molecule has 0 aliphatic carbocycles. The Morgan fingerprint density at radius 1 is 1.36 bits per heavy atom. The van der Waals surface area contributed by atoms with E-state index in [-0.39, 0.29) is 17.4 Å². The van der Waals surface area contributed by atoms with Gasteiger partial charge in [-0.1, -0.05) is 5.16 Å². The van der Waals surface area contributed by atoms with Gasteiger partial charge >= 0.3 is 0 Å². The van der Waals surface area contributed by atoms with Crippen LogP contribution in [0.15, 0.2) is 23.0 Å². The number of carbonyl (C=O) groups excluding carboxylic acids is 2. The van der Waals surface area contributed by atoms with Crippen molar-refractivity contribution < 1.29 is 14.1 Å². The molecule has 2 aromatic heterocycles. The van der Waals surface area contributed by atoms with Gasteiger partial charge in [-0.05, 0) is 31.7 Å². The molecule has 2 aromatic rings. The SMILES string of the molecule is Cc1cnn(Cc2cc(C(=O)N3CCC4(CCC(=O)N4)CC3)no2)c1. The average molecular weight is 343 g/mol. The molecule has 4 heterocycles. The molecule has 0 radical (unpaired) electrons. The molecule has 8 nitrogen and oxygen atoms in total. The van der Waals surface area contributed by atoms with E-state index in [1.807, 2.05) is 13.1 Å². The molecule has 8 heteroatoms. The van der Waals surface area contributed by atoms with Gasteiger partial charge in [0.1, 0.15) is 6.54 Å². The van der Waals surface area contributed by atoms with E-state index in [9.17, 15) is 9.59 Å². The Morgan fingerprint density at radius 2 is 2.16 bits per heavy atom. The lowest BCUT2D eigenvalue weighted by atomic mass is 9.86. The van der Waals surface area contributed by atoms with Crippen molar-refractivity contribution in [3.05, 3.63) is 35.5 Å². The fraction of sp³-hybridized carbons (Fsp3) is 0.529. The molecule has 2 fully saturated rings. The molecule has 132 valence electrons. The highest BCUT2D eigenvalue weighted by atomic mass is 16.5. The summed E-state index contributed by atoms with van der Waals surface area (Å²) in [5, 5.41) is 11.2. The average Bonchev–Trinajstić information content (AvgIpc) is 3.30. The predicted octanol–water partition coefficient (Wildman–Crippen LogP) is 1.11. The number of aryl methyl sites for hydroxylation is 1. The van der Waals surface area contributed by atoms with Crippen molar-refractivity contribution in [1.82, 2.24) is 25.2 Å². The van der Waals surface area contributed by atoms with Crippen LogP contribution in [0.4, 0.5) is 0 Å². The first-order valence-electron chi connectivity index (χ1n) is 8.58. The number of nitrogens with zero attached hydrogens (tertiary/aromatic N) is 4. The van der Waals surface area contributed by atoms with Crippen molar-refractivity contribution in [2.75, 3.05) is 13.1 Å². The minimum Gasteiger partial charge on any atom is -0.359 e. The number of hydrogen-bond donors (Lipinski definition) is 1. The van der Waals surface area contributed by atoms with Gasteiger partial charge in [0.25, 0.3) is 5.91 Å². The Hall–Kier alpha value is -2.64. The fourth-order valence-corrected chi connectivity index (χ4v) is 3.65. The lowest BCUT2D eigenvalue weighted by Gasteiger charge is -2.38. The van der Waals surface area contributed by atoms with Gasteiger partial charge in [0.2, 0.25) is 5.91 Å². The summed E-state index contributed by atoms with van der Waals surface area (Å²) >= 11 is 0. The van der Waals surface area contributed by atoms with Crippen molar-refractivity contribution in [2.45, 2.75) is 44.7 Å². The summed E-state index contributed by atoms with van der Waals surface area (Å²) in [6.07, 6.45) is 6.72. The van der Waals surface area contributed by atoms with Gasteiger partial charge in [0, 0.05) is 37.3 Å². The summed E-state index contributed by atoms with van der Waals surface area (Å²) < 4.78 is 7.03. The predicted molar refractivity (Wildman–Crippen MR) is 87.8 cm³/mol. The first-order chi connectivity index (χ1) is 12.0. The number of likely N-dealkylation sites (tertiary alicyclic amines) is 1.